The number of hydrogen-bond donors (Lipinski definition) is 2. The molecule has 9 heteroatoms. The molecule has 0 spiro atoms. The second-order valence-electron chi connectivity index (χ2n) is 8.67. The summed E-state index contributed by atoms with van der Waals surface area (Å²) >= 11 is 0. The zero-order valence-corrected chi connectivity index (χ0v) is 19.4. The number of aryl methyl sites for hydroxylation is 1. The lowest BCUT2D eigenvalue weighted by Crippen LogP contribution is -2.36. The van der Waals surface area contributed by atoms with Crippen LogP contribution >= 0.6 is 0 Å². The van der Waals surface area contributed by atoms with Gasteiger partial charge in [-0.05, 0) is 60.9 Å². The molecule has 0 bridgehead atoms. The Bertz CT molecular complexity index is 1210. The molecule has 1 fully saturated rings. The van der Waals surface area contributed by atoms with Gasteiger partial charge in [0.15, 0.2) is 0 Å². The lowest BCUT2D eigenvalue weighted by Gasteiger charge is -2.18. The molecule has 4 rings (SSSR count). The number of pyridine rings is 1. The molecule has 35 heavy (non-hydrogen) atoms. The summed E-state index contributed by atoms with van der Waals surface area (Å²) in [6, 6.07) is 14.3. The Kier molecular flexibility index (Phi) is 7.23. The van der Waals surface area contributed by atoms with Crippen molar-refractivity contribution in [2.45, 2.75) is 44.8 Å². The fraction of sp³-hybridized carbons (Fsp3) is 0.346. The van der Waals surface area contributed by atoms with Crippen molar-refractivity contribution in [3.8, 4) is 0 Å². The fourth-order valence-corrected chi connectivity index (χ4v) is 4.13. The predicted octanol–water partition coefficient (Wildman–Crippen LogP) is 4.93. The van der Waals surface area contributed by atoms with Gasteiger partial charge in [-0.2, -0.15) is 13.2 Å². The van der Waals surface area contributed by atoms with Gasteiger partial charge in [0.25, 0.3) is 0 Å². The maximum atomic E-state index is 12.7. The van der Waals surface area contributed by atoms with Crippen molar-refractivity contribution in [3.05, 3.63) is 65.7 Å². The van der Waals surface area contributed by atoms with Crippen LogP contribution in [0.15, 0.2) is 54.6 Å². The van der Waals surface area contributed by atoms with Gasteiger partial charge in [0.05, 0.1) is 11.1 Å². The molecule has 1 aromatic heterocycles. The van der Waals surface area contributed by atoms with Crippen LogP contribution in [0.25, 0.3) is 10.9 Å². The number of carbonyl (C=O) groups is 2. The van der Waals surface area contributed by atoms with Gasteiger partial charge in [-0.1, -0.05) is 19.1 Å². The van der Waals surface area contributed by atoms with E-state index >= 15 is 0 Å². The molecular formula is C26H27F3N4O2. The smallest absolute Gasteiger partial charge is 0.354 e. The third-order valence-corrected chi connectivity index (χ3v) is 6.08. The van der Waals surface area contributed by atoms with Gasteiger partial charge in [0.2, 0.25) is 11.8 Å². The molecule has 6 nitrogen and oxygen atoms in total. The molecule has 2 amide bonds. The van der Waals surface area contributed by atoms with E-state index in [1.807, 2.05) is 31.2 Å². The van der Waals surface area contributed by atoms with Gasteiger partial charge in [-0.3, -0.25) is 9.59 Å². The Morgan fingerprint density at radius 1 is 1.06 bits per heavy atom. The average Bonchev–Trinajstić information content (AvgIpc) is 3.30. The molecule has 2 N–H and O–H groups in total. The number of amides is 2. The molecule has 0 aliphatic carbocycles. The van der Waals surface area contributed by atoms with E-state index in [0.717, 1.165) is 48.4 Å². The SMILES string of the molecule is CCC(=O)N[C@@H]1CCN(c2ccc3cc(NC(=O)CCc4ccc(C(F)(F)F)cc4)ccc3n2)C1. The van der Waals surface area contributed by atoms with Gasteiger partial charge < -0.3 is 15.5 Å². The molecule has 184 valence electrons. The highest BCUT2D eigenvalue weighted by atomic mass is 19.4. The number of alkyl halides is 3. The van der Waals surface area contributed by atoms with E-state index in [-0.39, 0.29) is 24.3 Å². The second-order valence-corrected chi connectivity index (χ2v) is 8.67. The van der Waals surface area contributed by atoms with Crippen molar-refractivity contribution in [1.82, 2.24) is 10.3 Å². The zero-order valence-electron chi connectivity index (χ0n) is 19.4. The number of anilines is 2. The van der Waals surface area contributed by atoms with Gasteiger partial charge >= 0.3 is 6.18 Å². The van der Waals surface area contributed by atoms with E-state index in [1.54, 1.807) is 6.07 Å². The monoisotopic (exact) mass is 484 g/mol. The number of nitrogens with one attached hydrogen (secondary N) is 2. The normalized spacial score (nSPS) is 15.9. The Labute approximate surface area is 201 Å². The number of aromatic nitrogens is 1. The first-order valence-electron chi connectivity index (χ1n) is 11.6. The van der Waals surface area contributed by atoms with Crippen LogP contribution in [-0.2, 0) is 22.2 Å². The van der Waals surface area contributed by atoms with Gasteiger partial charge in [-0.15, -0.1) is 0 Å². The van der Waals surface area contributed by atoms with Gasteiger partial charge in [-0.25, -0.2) is 4.98 Å². The van der Waals surface area contributed by atoms with Gasteiger partial charge in [0.1, 0.15) is 5.82 Å². The predicted molar refractivity (Wildman–Crippen MR) is 129 cm³/mol. The fourth-order valence-electron chi connectivity index (χ4n) is 4.13. The third kappa shape index (κ3) is 6.29. The highest BCUT2D eigenvalue weighted by Gasteiger charge is 2.30. The molecule has 0 radical (unpaired) electrons. The molecule has 2 heterocycles. The Hall–Kier alpha value is -3.62. The lowest BCUT2D eigenvalue weighted by atomic mass is 10.1. The van der Waals surface area contributed by atoms with Crippen LogP contribution in [0.1, 0.15) is 37.3 Å². The quantitative estimate of drug-likeness (QED) is 0.499. The topological polar surface area (TPSA) is 74.3 Å². The van der Waals surface area contributed by atoms with Crippen molar-refractivity contribution in [2.24, 2.45) is 0 Å². The number of nitrogens with zero attached hydrogens (tertiary/aromatic N) is 2. The first-order valence-corrected chi connectivity index (χ1v) is 11.6. The molecular weight excluding hydrogens is 457 g/mol. The van der Waals surface area contributed by atoms with E-state index in [1.165, 1.54) is 12.1 Å². The van der Waals surface area contributed by atoms with Crippen LogP contribution in [0.3, 0.4) is 0 Å². The summed E-state index contributed by atoms with van der Waals surface area (Å²) in [5.74, 6) is 0.683. The minimum Gasteiger partial charge on any atom is -0.354 e. The second kappa shape index (κ2) is 10.3. The maximum absolute atomic E-state index is 12.7. The van der Waals surface area contributed by atoms with E-state index in [2.05, 4.69) is 15.5 Å². The van der Waals surface area contributed by atoms with Gasteiger partial charge in [0, 0.05) is 43.0 Å². The molecule has 0 saturated carbocycles. The van der Waals surface area contributed by atoms with E-state index in [0.29, 0.717) is 24.1 Å². The highest BCUT2D eigenvalue weighted by Crippen LogP contribution is 2.29. The van der Waals surface area contributed by atoms with E-state index in [9.17, 15) is 22.8 Å². The Morgan fingerprint density at radius 3 is 2.54 bits per heavy atom. The number of rotatable bonds is 7. The van der Waals surface area contributed by atoms with Crippen molar-refractivity contribution >= 4 is 34.2 Å². The largest absolute Gasteiger partial charge is 0.416 e. The summed E-state index contributed by atoms with van der Waals surface area (Å²) in [5, 5.41) is 6.75. The molecule has 1 aliphatic rings. The van der Waals surface area contributed by atoms with Crippen LogP contribution in [0.2, 0.25) is 0 Å². The number of fused-ring (bicyclic) bond motifs is 1. The molecule has 0 unspecified atom stereocenters. The number of benzene rings is 2. The van der Waals surface area contributed by atoms with Crippen molar-refractivity contribution < 1.29 is 22.8 Å². The summed E-state index contributed by atoms with van der Waals surface area (Å²) in [4.78, 5) is 30.9. The minimum absolute atomic E-state index is 0.0530. The van der Waals surface area contributed by atoms with E-state index in [4.69, 9.17) is 4.98 Å². The molecule has 3 aromatic rings. The maximum Gasteiger partial charge on any atom is 0.416 e. The molecule has 1 saturated heterocycles. The summed E-state index contributed by atoms with van der Waals surface area (Å²) < 4.78 is 38.0. The highest BCUT2D eigenvalue weighted by molar-refractivity contribution is 5.94. The van der Waals surface area contributed by atoms with Crippen molar-refractivity contribution in [3.63, 3.8) is 0 Å². The number of carbonyl (C=O) groups excluding carboxylic acids is 2. The first kappa shape index (κ1) is 24.5. The standard InChI is InChI=1S/C26H27F3N4O2/c1-2-24(34)31-21-13-14-33(16-21)23-11-6-18-15-20(9-10-22(18)32-23)30-25(35)12-5-17-3-7-19(8-4-17)26(27,28)29/h3-4,6-11,15,21H,2,5,12-14,16H2,1H3,(H,30,35)(H,31,34)/t21-/m1/s1. The van der Waals surface area contributed by atoms with Crippen molar-refractivity contribution in [2.75, 3.05) is 23.3 Å². The summed E-state index contributed by atoms with van der Waals surface area (Å²) in [7, 11) is 0. The zero-order chi connectivity index (χ0) is 25.0. The minimum atomic E-state index is -4.37. The average molecular weight is 485 g/mol. The van der Waals surface area contributed by atoms with Crippen LogP contribution in [0, 0.1) is 0 Å². The summed E-state index contributed by atoms with van der Waals surface area (Å²) in [6.45, 7) is 3.38. The first-order chi connectivity index (χ1) is 16.7. The lowest BCUT2D eigenvalue weighted by molar-refractivity contribution is -0.137. The number of hydrogen-bond acceptors (Lipinski definition) is 4. The van der Waals surface area contributed by atoms with Crippen LogP contribution in [0.4, 0.5) is 24.7 Å². The van der Waals surface area contributed by atoms with Crippen LogP contribution in [0.5, 0.6) is 0 Å². The molecule has 1 atom stereocenters. The van der Waals surface area contributed by atoms with E-state index < -0.39 is 11.7 Å². The summed E-state index contributed by atoms with van der Waals surface area (Å²) in [6.07, 6.45) is -2.52. The summed E-state index contributed by atoms with van der Waals surface area (Å²) in [5.41, 5.74) is 1.40. The van der Waals surface area contributed by atoms with Crippen LogP contribution in [-0.4, -0.2) is 35.9 Å². The molecule has 1 aliphatic heterocycles. The Morgan fingerprint density at radius 2 is 1.83 bits per heavy atom. The van der Waals surface area contributed by atoms with Crippen molar-refractivity contribution in [1.29, 1.82) is 0 Å². The molecule has 2 aromatic carbocycles. The third-order valence-electron chi connectivity index (χ3n) is 6.08. The number of halogens is 3. The van der Waals surface area contributed by atoms with Crippen LogP contribution < -0.4 is 15.5 Å². The Balaban J connectivity index is 1.33.